The van der Waals surface area contributed by atoms with Crippen LogP contribution < -0.4 is 4.74 Å². The first-order chi connectivity index (χ1) is 15.3. The first-order valence-electron chi connectivity index (χ1n) is 11.1. The maximum Gasteiger partial charge on any atom is 0.238 e. The average Bonchev–Trinajstić information content (AvgIpc) is 3.16. The number of rotatable bonds is 8. The van der Waals surface area contributed by atoms with Crippen LogP contribution in [0.3, 0.4) is 0 Å². The van der Waals surface area contributed by atoms with E-state index >= 15 is 0 Å². The van der Waals surface area contributed by atoms with E-state index in [0.717, 1.165) is 34.4 Å². The van der Waals surface area contributed by atoms with Gasteiger partial charge in [0.1, 0.15) is 24.4 Å². The molecule has 0 spiro atoms. The summed E-state index contributed by atoms with van der Waals surface area (Å²) >= 11 is 0. The van der Waals surface area contributed by atoms with Crippen molar-refractivity contribution in [1.82, 2.24) is 10.2 Å². The normalized spacial score (nSPS) is 26.2. The third-order valence-corrected chi connectivity index (χ3v) is 5.79. The zero-order valence-electron chi connectivity index (χ0n) is 19.0. The molecule has 176 valence electrons. The molecule has 2 heterocycles. The van der Waals surface area contributed by atoms with Gasteiger partial charge >= 0.3 is 0 Å². The van der Waals surface area contributed by atoms with Crippen LogP contribution in [0.2, 0.25) is 0 Å². The van der Waals surface area contributed by atoms with Crippen LogP contribution in [0.4, 0.5) is 0 Å². The summed E-state index contributed by atoms with van der Waals surface area (Å²) in [6.45, 7) is 7.72. The number of H-pyrrole nitrogens is 1. The van der Waals surface area contributed by atoms with Gasteiger partial charge in [-0.3, -0.25) is 5.10 Å². The molecule has 8 heteroatoms. The predicted molar refractivity (Wildman–Crippen MR) is 120 cm³/mol. The van der Waals surface area contributed by atoms with Gasteiger partial charge in [0.15, 0.2) is 0 Å². The molecule has 0 radical (unpaired) electrons. The van der Waals surface area contributed by atoms with E-state index in [2.05, 4.69) is 54.4 Å². The van der Waals surface area contributed by atoms with Crippen LogP contribution in [0.25, 0.3) is 6.08 Å². The van der Waals surface area contributed by atoms with Gasteiger partial charge in [0.05, 0.1) is 6.61 Å². The predicted octanol–water partition coefficient (Wildman–Crippen LogP) is 2.03. The highest BCUT2D eigenvalue weighted by atomic mass is 16.7. The highest BCUT2D eigenvalue weighted by Gasteiger charge is 2.45. The molecule has 1 aromatic carbocycles. The second-order valence-electron chi connectivity index (χ2n) is 8.56. The standard InChI is InChI=1S/C24H34N2O6/c1-5-6-7-15-8-9-16(14(4)10-15)11-17-19(13(2)3)25-26-23(17)32-24-22(30)21(29)20(28)18(12-27)31-24/h6-10,13,18,20-22,24,27-30H,5,11-12H2,1-4H3,(H,25,26)/t18-,20-,21+,22-,24+/m1/s1. The fourth-order valence-electron chi connectivity index (χ4n) is 3.85. The Morgan fingerprint density at radius 2 is 1.94 bits per heavy atom. The SMILES string of the molecule is CCC=Cc1ccc(Cc2c(O[C@@H]3O[C@H](CO)[C@@H](O)[C@H](O)[C@H]3O)n[nH]c2C(C)C)c(C)c1. The van der Waals surface area contributed by atoms with Crippen LogP contribution in [0.1, 0.15) is 61.1 Å². The maximum atomic E-state index is 10.3. The van der Waals surface area contributed by atoms with Crippen molar-refractivity contribution in [3.05, 3.63) is 52.2 Å². The van der Waals surface area contributed by atoms with Crippen molar-refractivity contribution in [2.75, 3.05) is 6.61 Å². The lowest BCUT2D eigenvalue weighted by molar-refractivity contribution is -0.278. The molecule has 3 rings (SSSR count). The minimum absolute atomic E-state index is 0.150. The van der Waals surface area contributed by atoms with Crippen molar-refractivity contribution in [3.8, 4) is 5.88 Å². The van der Waals surface area contributed by atoms with E-state index in [1.807, 2.05) is 13.8 Å². The quantitative estimate of drug-likeness (QED) is 0.420. The Morgan fingerprint density at radius 3 is 2.56 bits per heavy atom. The third-order valence-electron chi connectivity index (χ3n) is 5.79. The summed E-state index contributed by atoms with van der Waals surface area (Å²) in [5, 5.41) is 47.1. The van der Waals surface area contributed by atoms with Gasteiger partial charge < -0.3 is 29.9 Å². The summed E-state index contributed by atoms with van der Waals surface area (Å²) < 4.78 is 11.4. The molecule has 0 amide bonds. The number of hydrogen-bond acceptors (Lipinski definition) is 7. The molecule has 0 bridgehead atoms. The average molecular weight is 447 g/mol. The number of allylic oxidation sites excluding steroid dienone is 1. The van der Waals surface area contributed by atoms with Gasteiger partial charge in [0.2, 0.25) is 12.2 Å². The molecule has 2 aromatic rings. The molecule has 1 aliphatic rings. The van der Waals surface area contributed by atoms with Gasteiger partial charge in [-0.15, -0.1) is 5.10 Å². The summed E-state index contributed by atoms with van der Waals surface area (Å²) in [6.07, 6.45) is -1.02. The van der Waals surface area contributed by atoms with E-state index < -0.39 is 37.3 Å². The molecule has 0 unspecified atom stereocenters. The fraction of sp³-hybridized carbons (Fsp3) is 0.542. The maximum absolute atomic E-state index is 10.3. The largest absolute Gasteiger partial charge is 0.443 e. The van der Waals surface area contributed by atoms with Gasteiger partial charge in [0, 0.05) is 17.7 Å². The van der Waals surface area contributed by atoms with Crippen LogP contribution in [-0.2, 0) is 11.2 Å². The Hall–Kier alpha value is -2.23. The summed E-state index contributed by atoms with van der Waals surface area (Å²) in [7, 11) is 0. The molecule has 32 heavy (non-hydrogen) atoms. The Kier molecular flexibility index (Phi) is 8.08. The molecular formula is C24H34N2O6. The molecule has 1 fully saturated rings. The number of nitrogens with zero attached hydrogens (tertiary/aromatic N) is 1. The Labute approximate surface area is 188 Å². The Balaban J connectivity index is 1.88. The van der Waals surface area contributed by atoms with E-state index in [0.29, 0.717) is 6.42 Å². The van der Waals surface area contributed by atoms with Crippen LogP contribution in [0.15, 0.2) is 24.3 Å². The smallest absolute Gasteiger partial charge is 0.238 e. The van der Waals surface area contributed by atoms with Gasteiger partial charge in [-0.1, -0.05) is 51.1 Å². The number of benzene rings is 1. The van der Waals surface area contributed by atoms with Crippen molar-refractivity contribution >= 4 is 6.08 Å². The summed E-state index contributed by atoms with van der Waals surface area (Å²) in [6, 6.07) is 6.29. The second-order valence-corrected chi connectivity index (χ2v) is 8.56. The number of aliphatic hydroxyl groups is 4. The minimum Gasteiger partial charge on any atom is -0.443 e. The Morgan fingerprint density at radius 1 is 1.19 bits per heavy atom. The van der Waals surface area contributed by atoms with Crippen LogP contribution in [0.5, 0.6) is 5.88 Å². The lowest BCUT2D eigenvalue weighted by atomic mass is 9.95. The third kappa shape index (κ3) is 5.22. The molecule has 1 aromatic heterocycles. The number of aromatic amines is 1. The van der Waals surface area contributed by atoms with E-state index in [4.69, 9.17) is 9.47 Å². The van der Waals surface area contributed by atoms with Crippen LogP contribution >= 0.6 is 0 Å². The summed E-state index contributed by atoms with van der Waals surface area (Å²) in [5.41, 5.74) is 5.12. The minimum atomic E-state index is -1.51. The number of ether oxygens (including phenoxy) is 2. The van der Waals surface area contributed by atoms with Gasteiger partial charge in [-0.2, -0.15) is 0 Å². The van der Waals surface area contributed by atoms with E-state index in [1.165, 1.54) is 0 Å². The molecule has 8 nitrogen and oxygen atoms in total. The van der Waals surface area contributed by atoms with Crippen LogP contribution in [0, 0.1) is 6.92 Å². The van der Waals surface area contributed by atoms with Crippen molar-refractivity contribution in [2.45, 2.75) is 77.2 Å². The molecule has 0 aliphatic carbocycles. The van der Waals surface area contributed by atoms with Crippen molar-refractivity contribution < 1.29 is 29.9 Å². The van der Waals surface area contributed by atoms with Gasteiger partial charge in [-0.25, -0.2) is 0 Å². The van der Waals surface area contributed by atoms with Gasteiger partial charge in [-0.05, 0) is 36.0 Å². The molecule has 5 N–H and O–H groups in total. The van der Waals surface area contributed by atoms with Gasteiger partial charge in [0.25, 0.3) is 0 Å². The lowest BCUT2D eigenvalue weighted by Crippen LogP contribution is -2.60. The molecular weight excluding hydrogens is 412 g/mol. The Bertz CT molecular complexity index is 923. The van der Waals surface area contributed by atoms with E-state index in [1.54, 1.807) is 0 Å². The monoisotopic (exact) mass is 446 g/mol. The number of aromatic nitrogens is 2. The zero-order chi connectivity index (χ0) is 23.4. The van der Waals surface area contributed by atoms with E-state index in [-0.39, 0.29) is 11.8 Å². The number of aliphatic hydroxyl groups excluding tert-OH is 4. The number of nitrogens with one attached hydrogen (secondary N) is 1. The molecule has 1 saturated heterocycles. The second kappa shape index (κ2) is 10.6. The van der Waals surface area contributed by atoms with E-state index in [9.17, 15) is 20.4 Å². The summed E-state index contributed by atoms with van der Waals surface area (Å²) in [4.78, 5) is 0. The van der Waals surface area contributed by atoms with Crippen LogP contribution in [-0.4, -0.2) is 67.9 Å². The first-order valence-corrected chi connectivity index (χ1v) is 11.1. The number of aryl methyl sites for hydroxylation is 1. The van der Waals surface area contributed by atoms with Crippen molar-refractivity contribution in [3.63, 3.8) is 0 Å². The zero-order valence-corrected chi connectivity index (χ0v) is 19.0. The fourth-order valence-corrected chi connectivity index (χ4v) is 3.85. The highest BCUT2D eigenvalue weighted by Crippen LogP contribution is 2.32. The van der Waals surface area contributed by atoms with Crippen molar-refractivity contribution in [2.24, 2.45) is 0 Å². The topological polar surface area (TPSA) is 128 Å². The van der Waals surface area contributed by atoms with Crippen molar-refractivity contribution in [1.29, 1.82) is 0 Å². The molecule has 1 aliphatic heterocycles. The first kappa shape index (κ1) is 24.4. The molecule has 5 atom stereocenters. The lowest BCUT2D eigenvalue weighted by Gasteiger charge is -2.39. The number of hydrogen-bond donors (Lipinski definition) is 5. The summed E-state index contributed by atoms with van der Waals surface area (Å²) in [5.74, 6) is 0.407. The molecule has 0 saturated carbocycles. The highest BCUT2D eigenvalue weighted by molar-refractivity contribution is 5.52.